The van der Waals surface area contributed by atoms with E-state index in [-0.39, 0.29) is 18.1 Å². The zero-order valence-electron chi connectivity index (χ0n) is 15.9. The summed E-state index contributed by atoms with van der Waals surface area (Å²) in [6.07, 6.45) is -4.39. The monoisotopic (exact) mass is 401 g/mol. The van der Waals surface area contributed by atoms with Gasteiger partial charge in [0, 0.05) is 38.3 Å². The molecule has 1 saturated heterocycles. The van der Waals surface area contributed by atoms with Crippen LogP contribution in [0.3, 0.4) is 0 Å². The van der Waals surface area contributed by atoms with Crippen LogP contribution in [0.2, 0.25) is 0 Å². The van der Waals surface area contributed by atoms with Crippen LogP contribution in [0.4, 0.5) is 18.0 Å². The van der Waals surface area contributed by atoms with Crippen molar-refractivity contribution in [2.75, 3.05) is 32.7 Å². The molecule has 0 aliphatic carbocycles. The molecule has 2 aromatic rings. The molecule has 7 heteroatoms. The van der Waals surface area contributed by atoms with Crippen LogP contribution in [-0.4, -0.2) is 48.6 Å². The third-order valence-corrected chi connectivity index (χ3v) is 4.66. The second-order valence-corrected chi connectivity index (χ2v) is 6.79. The number of benzene rings is 2. The zero-order valence-corrected chi connectivity index (χ0v) is 15.9. The molecule has 0 aromatic heterocycles. The standard InChI is InChI=1S/C22H22F3N3O/c23-22(24,25)20-10-4-8-18(16-20)9-5-11-26-21(29)28-14-12-27(13-15-28)17-19-6-2-1-3-7-19/h1-4,6-8,10,16H,11-15,17H2,(H,26,29). The minimum atomic E-state index is -4.39. The van der Waals surface area contributed by atoms with Crippen LogP contribution < -0.4 is 5.32 Å². The van der Waals surface area contributed by atoms with Gasteiger partial charge in [0.2, 0.25) is 0 Å². The molecule has 0 saturated carbocycles. The van der Waals surface area contributed by atoms with Gasteiger partial charge in [0.25, 0.3) is 0 Å². The molecule has 3 rings (SSSR count). The number of carbonyl (C=O) groups excluding carboxylic acids is 1. The number of rotatable bonds is 3. The molecule has 1 N–H and O–H groups in total. The van der Waals surface area contributed by atoms with E-state index < -0.39 is 11.7 Å². The number of nitrogens with zero attached hydrogens (tertiary/aromatic N) is 2. The minimum absolute atomic E-state index is 0.0826. The van der Waals surface area contributed by atoms with Gasteiger partial charge in [0.15, 0.2) is 0 Å². The Kier molecular flexibility index (Phi) is 6.78. The fourth-order valence-corrected chi connectivity index (χ4v) is 3.10. The minimum Gasteiger partial charge on any atom is -0.327 e. The highest BCUT2D eigenvalue weighted by atomic mass is 19.4. The molecule has 1 heterocycles. The van der Waals surface area contributed by atoms with Crippen molar-refractivity contribution in [1.82, 2.24) is 15.1 Å². The number of urea groups is 1. The molecule has 29 heavy (non-hydrogen) atoms. The summed E-state index contributed by atoms with van der Waals surface area (Å²) in [5, 5.41) is 2.70. The predicted molar refractivity (Wildman–Crippen MR) is 105 cm³/mol. The van der Waals surface area contributed by atoms with Crippen LogP contribution in [0.5, 0.6) is 0 Å². The van der Waals surface area contributed by atoms with Gasteiger partial charge < -0.3 is 10.2 Å². The number of carbonyl (C=O) groups is 1. The molecule has 1 aliphatic rings. The van der Waals surface area contributed by atoms with E-state index in [4.69, 9.17) is 0 Å². The number of nitrogens with one attached hydrogen (secondary N) is 1. The molecule has 0 radical (unpaired) electrons. The summed E-state index contributed by atoms with van der Waals surface area (Å²) < 4.78 is 38.1. The van der Waals surface area contributed by atoms with Crippen LogP contribution in [0, 0.1) is 11.8 Å². The van der Waals surface area contributed by atoms with Gasteiger partial charge in [-0.1, -0.05) is 48.2 Å². The van der Waals surface area contributed by atoms with Crippen molar-refractivity contribution in [3.05, 3.63) is 71.3 Å². The Labute approximate surface area is 168 Å². The van der Waals surface area contributed by atoms with Gasteiger partial charge >= 0.3 is 12.2 Å². The molecule has 0 atom stereocenters. The van der Waals surface area contributed by atoms with Gasteiger partial charge in [-0.3, -0.25) is 4.90 Å². The lowest BCUT2D eigenvalue weighted by Gasteiger charge is -2.34. The molecular weight excluding hydrogens is 379 g/mol. The number of hydrogen-bond donors (Lipinski definition) is 1. The van der Waals surface area contributed by atoms with E-state index in [1.54, 1.807) is 4.90 Å². The van der Waals surface area contributed by atoms with E-state index in [1.807, 2.05) is 18.2 Å². The van der Waals surface area contributed by atoms with Gasteiger partial charge in [-0.2, -0.15) is 13.2 Å². The van der Waals surface area contributed by atoms with Crippen molar-refractivity contribution in [3.63, 3.8) is 0 Å². The Balaban J connectivity index is 1.43. The summed E-state index contributed by atoms with van der Waals surface area (Å²) in [4.78, 5) is 16.3. The van der Waals surface area contributed by atoms with Crippen molar-refractivity contribution in [1.29, 1.82) is 0 Å². The van der Waals surface area contributed by atoms with E-state index in [9.17, 15) is 18.0 Å². The molecule has 152 valence electrons. The lowest BCUT2D eigenvalue weighted by Crippen LogP contribution is -2.51. The third kappa shape index (κ3) is 6.26. The van der Waals surface area contributed by atoms with Crippen LogP contribution in [-0.2, 0) is 12.7 Å². The molecule has 0 spiro atoms. The third-order valence-electron chi connectivity index (χ3n) is 4.66. The van der Waals surface area contributed by atoms with E-state index in [0.717, 1.165) is 31.8 Å². The Bertz CT molecular complexity index is 879. The van der Waals surface area contributed by atoms with Gasteiger partial charge in [0.1, 0.15) is 0 Å². The second-order valence-electron chi connectivity index (χ2n) is 6.79. The fourth-order valence-electron chi connectivity index (χ4n) is 3.10. The van der Waals surface area contributed by atoms with Crippen molar-refractivity contribution in [2.24, 2.45) is 0 Å². The fraction of sp³-hybridized carbons (Fsp3) is 0.318. The van der Waals surface area contributed by atoms with Crippen LogP contribution in [0.25, 0.3) is 0 Å². The molecule has 0 bridgehead atoms. The lowest BCUT2D eigenvalue weighted by atomic mass is 10.1. The SMILES string of the molecule is O=C(NCC#Cc1cccc(C(F)(F)F)c1)N1CCN(Cc2ccccc2)CC1. The largest absolute Gasteiger partial charge is 0.416 e. The highest BCUT2D eigenvalue weighted by Crippen LogP contribution is 2.29. The maximum Gasteiger partial charge on any atom is 0.416 e. The molecule has 1 fully saturated rings. The average Bonchev–Trinajstić information content (AvgIpc) is 2.72. The van der Waals surface area contributed by atoms with E-state index in [2.05, 4.69) is 34.2 Å². The summed E-state index contributed by atoms with van der Waals surface area (Å²) in [5.74, 6) is 5.36. The van der Waals surface area contributed by atoms with Crippen molar-refractivity contribution < 1.29 is 18.0 Å². The Morgan fingerprint density at radius 3 is 2.41 bits per heavy atom. The maximum absolute atomic E-state index is 12.7. The number of alkyl halides is 3. The predicted octanol–water partition coefficient (Wildman–Crippen LogP) is 3.58. The van der Waals surface area contributed by atoms with Crippen LogP contribution in [0.15, 0.2) is 54.6 Å². The van der Waals surface area contributed by atoms with Crippen molar-refractivity contribution >= 4 is 6.03 Å². The summed E-state index contributed by atoms with van der Waals surface area (Å²) in [5.41, 5.74) is 0.778. The highest BCUT2D eigenvalue weighted by Gasteiger charge is 2.30. The number of hydrogen-bond acceptors (Lipinski definition) is 2. The average molecular weight is 401 g/mol. The van der Waals surface area contributed by atoms with Gasteiger partial charge in [-0.25, -0.2) is 4.79 Å². The summed E-state index contributed by atoms with van der Waals surface area (Å²) >= 11 is 0. The van der Waals surface area contributed by atoms with Crippen molar-refractivity contribution in [3.8, 4) is 11.8 Å². The lowest BCUT2D eigenvalue weighted by molar-refractivity contribution is -0.137. The zero-order chi connectivity index (χ0) is 20.7. The van der Waals surface area contributed by atoms with Gasteiger partial charge in [-0.05, 0) is 23.8 Å². The topological polar surface area (TPSA) is 35.6 Å². The molecular formula is C22H22F3N3O. The molecule has 2 amide bonds. The maximum atomic E-state index is 12.7. The van der Waals surface area contributed by atoms with Crippen molar-refractivity contribution in [2.45, 2.75) is 12.7 Å². The second kappa shape index (κ2) is 9.48. The first-order valence-corrected chi connectivity index (χ1v) is 9.37. The Hall–Kier alpha value is -2.98. The Morgan fingerprint density at radius 2 is 1.72 bits per heavy atom. The normalized spacial score (nSPS) is 14.8. The van der Waals surface area contributed by atoms with Gasteiger partial charge in [-0.15, -0.1) is 0 Å². The number of piperazine rings is 1. The van der Waals surface area contributed by atoms with E-state index in [0.29, 0.717) is 13.1 Å². The first kappa shape index (κ1) is 20.7. The smallest absolute Gasteiger partial charge is 0.327 e. The Morgan fingerprint density at radius 1 is 1.00 bits per heavy atom. The summed E-state index contributed by atoms with van der Waals surface area (Å²) in [7, 11) is 0. The quantitative estimate of drug-likeness (QED) is 0.798. The molecule has 4 nitrogen and oxygen atoms in total. The molecule has 1 aliphatic heterocycles. The summed E-state index contributed by atoms with van der Waals surface area (Å²) in [6, 6.07) is 14.8. The summed E-state index contributed by atoms with van der Waals surface area (Å²) in [6.45, 7) is 3.77. The first-order valence-electron chi connectivity index (χ1n) is 9.37. The molecule has 0 unspecified atom stereocenters. The highest BCUT2D eigenvalue weighted by molar-refractivity contribution is 5.74. The van der Waals surface area contributed by atoms with E-state index in [1.165, 1.54) is 17.7 Å². The van der Waals surface area contributed by atoms with E-state index >= 15 is 0 Å². The van der Waals surface area contributed by atoms with Crippen LogP contribution in [0.1, 0.15) is 16.7 Å². The molecule has 2 aromatic carbocycles. The van der Waals surface area contributed by atoms with Crippen LogP contribution >= 0.6 is 0 Å². The number of amides is 2. The van der Waals surface area contributed by atoms with Gasteiger partial charge in [0.05, 0.1) is 12.1 Å². The first-order chi connectivity index (χ1) is 13.9. The number of halogens is 3.